The molecule has 88 valence electrons. The fourth-order valence-electron chi connectivity index (χ4n) is 1.37. The van der Waals surface area contributed by atoms with E-state index in [0.29, 0.717) is 5.95 Å². The maximum Gasteiger partial charge on any atom is 0.229 e. The normalized spacial score (nSPS) is 10.1. The first-order valence-electron chi connectivity index (χ1n) is 5.23. The Hall–Kier alpha value is -2.17. The standard InChI is InChI=1S/C12H13FN4/c1-8-3-5-9(6-4-8)16-12-15-7-10(13)11(14-2)17-12/h3-7H,1-2H3,(H2,14,15,16,17). The summed E-state index contributed by atoms with van der Waals surface area (Å²) >= 11 is 0. The molecule has 0 aliphatic rings. The Kier molecular flexibility index (Phi) is 3.18. The maximum absolute atomic E-state index is 13.1. The molecule has 0 aliphatic heterocycles. The Morgan fingerprint density at radius 3 is 2.53 bits per heavy atom. The summed E-state index contributed by atoms with van der Waals surface area (Å²) in [4.78, 5) is 7.87. The van der Waals surface area contributed by atoms with Crippen LogP contribution in [-0.2, 0) is 0 Å². The molecule has 1 aromatic heterocycles. The van der Waals surface area contributed by atoms with Gasteiger partial charge in [-0.2, -0.15) is 4.98 Å². The highest BCUT2D eigenvalue weighted by Crippen LogP contribution is 2.16. The topological polar surface area (TPSA) is 49.8 Å². The summed E-state index contributed by atoms with van der Waals surface area (Å²) in [6, 6.07) is 7.79. The van der Waals surface area contributed by atoms with Crippen LogP contribution in [0.5, 0.6) is 0 Å². The van der Waals surface area contributed by atoms with Gasteiger partial charge in [0.1, 0.15) is 0 Å². The van der Waals surface area contributed by atoms with Gasteiger partial charge in [-0.05, 0) is 19.1 Å². The third-order valence-electron chi connectivity index (χ3n) is 2.29. The fourth-order valence-corrected chi connectivity index (χ4v) is 1.37. The summed E-state index contributed by atoms with van der Waals surface area (Å²) in [6.07, 6.45) is 1.13. The Bertz CT molecular complexity index is 510. The molecule has 0 fully saturated rings. The van der Waals surface area contributed by atoms with Gasteiger partial charge < -0.3 is 10.6 Å². The van der Waals surface area contributed by atoms with Gasteiger partial charge in [0.2, 0.25) is 5.95 Å². The number of nitrogens with one attached hydrogen (secondary N) is 2. The van der Waals surface area contributed by atoms with E-state index in [1.165, 1.54) is 5.56 Å². The zero-order valence-corrected chi connectivity index (χ0v) is 9.66. The summed E-state index contributed by atoms with van der Waals surface area (Å²) in [5, 5.41) is 5.67. The van der Waals surface area contributed by atoms with Crippen LogP contribution in [0.4, 0.5) is 21.8 Å². The molecule has 1 aromatic carbocycles. The van der Waals surface area contributed by atoms with Gasteiger partial charge in [0.25, 0.3) is 0 Å². The van der Waals surface area contributed by atoms with Gasteiger partial charge in [-0.25, -0.2) is 9.37 Å². The number of hydrogen-bond acceptors (Lipinski definition) is 4. The van der Waals surface area contributed by atoms with Crippen molar-refractivity contribution in [3.63, 3.8) is 0 Å². The molecule has 4 nitrogen and oxygen atoms in total. The lowest BCUT2D eigenvalue weighted by molar-refractivity contribution is 0.619. The number of nitrogens with zero attached hydrogens (tertiary/aromatic N) is 2. The zero-order chi connectivity index (χ0) is 12.3. The first kappa shape index (κ1) is 11.3. The molecule has 0 radical (unpaired) electrons. The van der Waals surface area contributed by atoms with E-state index in [4.69, 9.17) is 0 Å². The number of benzene rings is 1. The van der Waals surface area contributed by atoms with E-state index in [-0.39, 0.29) is 5.82 Å². The quantitative estimate of drug-likeness (QED) is 0.854. The summed E-state index contributed by atoms with van der Waals surface area (Å²) in [5.41, 5.74) is 2.04. The van der Waals surface area contributed by atoms with Crippen LogP contribution in [0.3, 0.4) is 0 Å². The van der Waals surface area contributed by atoms with E-state index >= 15 is 0 Å². The zero-order valence-electron chi connectivity index (χ0n) is 9.66. The molecule has 0 unspecified atom stereocenters. The SMILES string of the molecule is CNc1nc(Nc2ccc(C)cc2)ncc1F. The van der Waals surface area contributed by atoms with Gasteiger partial charge in [-0.3, -0.25) is 0 Å². The number of aryl methyl sites for hydroxylation is 1. The summed E-state index contributed by atoms with van der Waals surface area (Å²) < 4.78 is 13.1. The molecule has 2 rings (SSSR count). The minimum Gasteiger partial charge on any atom is -0.371 e. The molecule has 5 heteroatoms. The molecule has 2 aromatic rings. The highest BCUT2D eigenvalue weighted by Gasteiger charge is 2.04. The van der Waals surface area contributed by atoms with Crippen molar-refractivity contribution < 1.29 is 4.39 Å². The van der Waals surface area contributed by atoms with E-state index in [1.807, 2.05) is 31.2 Å². The minimum absolute atomic E-state index is 0.176. The lowest BCUT2D eigenvalue weighted by atomic mass is 10.2. The second kappa shape index (κ2) is 4.78. The van der Waals surface area contributed by atoms with Gasteiger partial charge >= 0.3 is 0 Å². The van der Waals surface area contributed by atoms with Gasteiger partial charge in [-0.15, -0.1) is 0 Å². The maximum atomic E-state index is 13.1. The molecule has 17 heavy (non-hydrogen) atoms. The highest BCUT2D eigenvalue weighted by atomic mass is 19.1. The number of aromatic nitrogens is 2. The average Bonchev–Trinajstić information content (AvgIpc) is 2.34. The number of anilines is 3. The fraction of sp³-hybridized carbons (Fsp3) is 0.167. The number of hydrogen-bond donors (Lipinski definition) is 2. The van der Waals surface area contributed by atoms with Crippen molar-refractivity contribution in [2.24, 2.45) is 0 Å². The van der Waals surface area contributed by atoms with E-state index in [1.54, 1.807) is 7.05 Å². The smallest absolute Gasteiger partial charge is 0.229 e. The van der Waals surface area contributed by atoms with Crippen LogP contribution in [0.15, 0.2) is 30.5 Å². The monoisotopic (exact) mass is 232 g/mol. The Balaban J connectivity index is 2.21. The van der Waals surface area contributed by atoms with Gasteiger partial charge in [0, 0.05) is 12.7 Å². The average molecular weight is 232 g/mol. The third-order valence-corrected chi connectivity index (χ3v) is 2.29. The van der Waals surface area contributed by atoms with Crippen LogP contribution >= 0.6 is 0 Å². The molecule has 1 heterocycles. The molecule has 0 spiro atoms. The van der Waals surface area contributed by atoms with Crippen molar-refractivity contribution in [1.82, 2.24) is 9.97 Å². The molecule has 2 N–H and O–H groups in total. The van der Waals surface area contributed by atoms with Crippen molar-refractivity contribution in [3.8, 4) is 0 Å². The Morgan fingerprint density at radius 1 is 1.18 bits per heavy atom. The van der Waals surface area contributed by atoms with Crippen LogP contribution < -0.4 is 10.6 Å². The first-order valence-corrected chi connectivity index (χ1v) is 5.23. The van der Waals surface area contributed by atoms with Crippen molar-refractivity contribution in [2.75, 3.05) is 17.7 Å². The molecular formula is C12H13FN4. The number of halogens is 1. The van der Waals surface area contributed by atoms with E-state index in [9.17, 15) is 4.39 Å². The predicted molar refractivity (Wildman–Crippen MR) is 66.0 cm³/mol. The van der Waals surface area contributed by atoms with E-state index in [0.717, 1.165) is 11.9 Å². The molecule has 0 saturated carbocycles. The van der Waals surface area contributed by atoms with Crippen molar-refractivity contribution in [3.05, 3.63) is 41.8 Å². The lowest BCUT2D eigenvalue weighted by Gasteiger charge is -2.07. The summed E-state index contributed by atoms with van der Waals surface area (Å²) in [7, 11) is 1.61. The minimum atomic E-state index is -0.470. The Labute approximate surface area is 98.9 Å². The summed E-state index contributed by atoms with van der Waals surface area (Å²) in [5.74, 6) is 0.0659. The van der Waals surface area contributed by atoms with Gasteiger partial charge in [-0.1, -0.05) is 17.7 Å². The van der Waals surface area contributed by atoms with Crippen molar-refractivity contribution >= 4 is 17.5 Å². The molecule has 0 amide bonds. The van der Waals surface area contributed by atoms with Gasteiger partial charge in [0.15, 0.2) is 11.6 Å². The van der Waals surface area contributed by atoms with Crippen LogP contribution in [0.1, 0.15) is 5.56 Å². The van der Waals surface area contributed by atoms with Crippen LogP contribution in [0.2, 0.25) is 0 Å². The second-order valence-corrected chi connectivity index (χ2v) is 3.63. The largest absolute Gasteiger partial charge is 0.371 e. The van der Waals surface area contributed by atoms with Crippen LogP contribution in [0.25, 0.3) is 0 Å². The predicted octanol–water partition coefficient (Wildman–Crippen LogP) is 2.71. The second-order valence-electron chi connectivity index (χ2n) is 3.63. The van der Waals surface area contributed by atoms with E-state index in [2.05, 4.69) is 20.6 Å². The third kappa shape index (κ3) is 2.69. The molecule has 0 atom stereocenters. The molecule has 0 saturated heterocycles. The lowest BCUT2D eigenvalue weighted by Crippen LogP contribution is -2.02. The van der Waals surface area contributed by atoms with Crippen LogP contribution in [-0.4, -0.2) is 17.0 Å². The van der Waals surface area contributed by atoms with E-state index < -0.39 is 5.82 Å². The molecule has 0 bridgehead atoms. The highest BCUT2D eigenvalue weighted by molar-refractivity contribution is 5.55. The first-order chi connectivity index (χ1) is 8.19. The van der Waals surface area contributed by atoms with Crippen molar-refractivity contribution in [1.29, 1.82) is 0 Å². The summed E-state index contributed by atoms with van der Waals surface area (Å²) in [6.45, 7) is 2.01. The van der Waals surface area contributed by atoms with Crippen molar-refractivity contribution in [2.45, 2.75) is 6.92 Å². The Morgan fingerprint density at radius 2 is 1.88 bits per heavy atom. The molecular weight excluding hydrogens is 219 g/mol. The number of rotatable bonds is 3. The molecule has 0 aliphatic carbocycles. The van der Waals surface area contributed by atoms with Gasteiger partial charge in [0.05, 0.1) is 6.20 Å². The van der Waals surface area contributed by atoms with Crippen LogP contribution in [0, 0.1) is 12.7 Å².